The highest BCUT2D eigenvalue weighted by Crippen LogP contribution is 2.24. The summed E-state index contributed by atoms with van der Waals surface area (Å²) in [7, 11) is 1.73. The first-order chi connectivity index (χ1) is 8.99. The Morgan fingerprint density at radius 2 is 1.79 bits per heavy atom. The maximum Gasteiger partial charge on any atom is 0.258 e. The predicted octanol–water partition coefficient (Wildman–Crippen LogP) is 3.51. The van der Waals surface area contributed by atoms with Crippen LogP contribution in [0.25, 0.3) is 0 Å². The quantitative estimate of drug-likeness (QED) is 0.852. The average Bonchev–Trinajstić information content (AvgIpc) is 2.41. The summed E-state index contributed by atoms with van der Waals surface area (Å²) in [5.74, 6) is -0.0923. The summed E-state index contributed by atoms with van der Waals surface area (Å²) in [6.07, 6.45) is 0. The molecule has 19 heavy (non-hydrogen) atoms. The SMILES string of the molecule is Cc1ccc(Cl)cc1N(C)C(=O)c1ccc(N)cc1. The highest BCUT2D eigenvalue weighted by molar-refractivity contribution is 6.31. The summed E-state index contributed by atoms with van der Waals surface area (Å²) < 4.78 is 0. The Kier molecular flexibility index (Phi) is 3.76. The predicted molar refractivity (Wildman–Crippen MR) is 79.8 cm³/mol. The molecular formula is C15H15ClN2O. The molecule has 2 rings (SSSR count). The number of carbonyl (C=O) groups excluding carboxylic acids is 1. The van der Waals surface area contributed by atoms with Crippen LogP contribution in [0, 0.1) is 6.92 Å². The van der Waals surface area contributed by atoms with E-state index in [0.717, 1.165) is 11.3 Å². The summed E-state index contributed by atoms with van der Waals surface area (Å²) in [5, 5.41) is 0.609. The van der Waals surface area contributed by atoms with E-state index in [9.17, 15) is 4.79 Å². The number of hydrogen-bond donors (Lipinski definition) is 1. The zero-order chi connectivity index (χ0) is 14.0. The summed E-state index contributed by atoms with van der Waals surface area (Å²) in [5.41, 5.74) is 8.64. The van der Waals surface area contributed by atoms with Crippen molar-refractivity contribution in [2.24, 2.45) is 0 Å². The van der Waals surface area contributed by atoms with Gasteiger partial charge in [0.2, 0.25) is 0 Å². The fourth-order valence-electron chi connectivity index (χ4n) is 1.87. The van der Waals surface area contributed by atoms with Crippen LogP contribution in [0.4, 0.5) is 11.4 Å². The van der Waals surface area contributed by atoms with Gasteiger partial charge in [-0.2, -0.15) is 0 Å². The summed E-state index contributed by atoms with van der Waals surface area (Å²) in [6, 6.07) is 12.3. The van der Waals surface area contributed by atoms with Crippen LogP contribution in [0.15, 0.2) is 42.5 Å². The Balaban J connectivity index is 2.33. The van der Waals surface area contributed by atoms with Crippen LogP contribution in [0.5, 0.6) is 0 Å². The van der Waals surface area contributed by atoms with Gasteiger partial charge in [-0.3, -0.25) is 4.79 Å². The van der Waals surface area contributed by atoms with Gasteiger partial charge in [0, 0.05) is 29.0 Å². The molecule has 2 N–H and O–H groups in total. The number of nitrogens with two attached hydrogens (primary N) is 1. The Hall–Kier alpha value is -2.00. The lowest BCUT2D eigenvalue weighted by Crippen LogP contribution is -2.26. The minimum Gasteiger partial charge on any atom is -0.399 e. The van der Waals surface area contributed by atoms with Crippen molar-refractivity contribution >= 4 is 28.9 Å². The molecule has 0 bridgehead atoms. The Morgan fingerprint density at radius 3 is 2.42 bits per heavy atom. The lowest BCUT2D eigenvalue weighted by molar-refractivity contribution is 0.0993. The van der Waals surface area contributed by atoms with Crippen molar-refractivity contribution in [2.45, 2.75) is 6.92 Å². The molecular weight excluding hydrogens is 260 g/mol. The molecule has 1 amide bonds. The van der Waals surface area contributed by atoms with Crippen LogP contribution >= 0.6 is 11.6 Å². The van der Waals surface area contributed by atoms with E-state index in [1.165, 1.54) is 0 Å². The number of hydrogen-bond acceptors (Lipinski definition) is 2. The first-order valence-electron chi connectivity index (χ1n) is 5.89. The van der Waals surface area contributed by atoms with E-state index in [0.29, 0.717) is 16.3 Å². The van der Waals surface area contributed by atoms with E-state index in [2.05, 4.69) is 0 Å². The zero-order valence-corrected chi connectivity index (χ0v) is 11.6. The summed E-state index contributed by atoms with van der Waals surface area (Å²) in [4.78, 5) is 14.0. The van der Waals surface area contributed by atoms with E-state index in [4.69, 9.17) is 17.3 Å². The van der Waals surface area contributed by atoms with Crippen molar-refractivity contribution in [1.82, 2.24) is 0 Å². The second-order valence-corrected chi connectivity index (χ2v) is 4.85. The van der Waals surface area contributed by atoms with Crippen LogP contribution < -0.4 is 10.6 Å². The molecule has 0 radical (unpaired) electrons. The molecule has 0 aliphatic heterocycles. The van der Waals surface area contributed by atoms with Gasteiger partial charge in [-0.05, 0) is 48.9 Å². The van der Waals surface area contributed by atoms with Crippen LogP contribution in [0.1, 0.15) is 15.9 Å². The smallest absolute Gasteiger partial charge is 0.258 e. The number of rotatable bonds is 2. The molecule has 0 spiro atoms. The minimum atomic E-state index is -0.0923. The first kappa shape index (κ1) is 13.4. The third-order valence-electron chi connectivity index (χ3n) is 2.99. The van der Waals surface area contributed by atoms with E-state index in [1.54, 1.807) is 42.3 Å². The molecule has 0 fully saturated rings. The molecule has 0 aromatic heterocycles. The number of nitrogen functional groups attached to an aromatic ring is 1. The second-order valence-electron chi connectivity index (χ2n) is 4.42. The third kappa shape index (κ3) is 2.88. The van der Waals surface area contributed by atoms with E-state index in [1.807, 2.05) is 19.1 Å². The van der Waals surface area contributed by atoms with Crippen molar-refractivity contribution in [3.63, 3.8) is 0 Å². The van der Waals surface area contributed by atoms with Crippen molar-refractivity contribution in [3.05, 3.63) is 58.6 Å². The normalized spacial score (nSPS) is 10.3. The van der Waals surface area contributed by atoms with Crippen LogP contribution in [0.3, 0.4) is 0 Å². The number of halogens is 1. The van der Waals surface area contributed by atoms with Crippen molar-refractivity contribution < 1.29 is 4.79 Å². The lowest BCUT2D eigenvalue weighted by Gasteiger charge is -2.20. The Labute approximate surface area is 117 Å². The minimum absolute atomic E-state index is 0.0923. The molecule has 0 atom stereocenters. The lowest BCUT2D eigenvalue weighted by atomic mass is 10.1. The van der Waals surface area contributed by atoms with Gasteiger partial charge in [0.1, 0.15) is 0 Å². The monoisotopic (exact) mass is 274 g/mol. The summed E-state index contributed by atoms with van der Waals surface area (Å²) in [6.45, 7) is 1.94. The third-order valence-corrected chi connectivity index (χ3v) is 3.23. The molecule has 2 aromatic carbocycles. The highest BCUT2D eigenvalue weighted by atomic mass is 35.5. The Morgan fingerprint density at radius 1 is 1.16 bits per heavy atom. The molecule has 3 nitrogen and oxygen atoms in total. The number of aryl methyl sites for hydroxylation is 1. The molecule has 98 valence electrons. The number of amides is 1. The number of carbonyl (C=O) groups is 1. The van der Waals surface area contributed by atoms with Gasteiger partial charge in [-0.25, -0.2) is 0 Å². The molecule has 4 heteroatoms. The average molecular weight is 275 g/mol. The number of benzene rings is 2. The van der Waals surface area contributed by atoms with Crippen LogP contribution in [-0.4, -0.2) is 13.0 Å². The van der Waals surface area contributed by atoms with Crippen LogP contribution in [-0.2, 0) is 0 Å². The van der Waals surface area contributed by atoms with Gasteiger partial charge in [0.15, 0.2) is 0 Å². The molecule has 2 aromatic rings. The first-order valence-corrected chi connectivity index (χ1v) is 6.26. The van der Waals surface area contributed by atoms with Crippen molar-refractivity contribution in [3.8, 4) is 0 Å². The van der Waals surface area contributed by atoms with E-state index in [-0.39, 0.29) is 5.91 Å². The second kappa shape index (κ2) is 5.33. The molecule has 0 saturated carbocycles. The zero-order valence-electron chi connectivity index (χ0n) is 10.9. The van der Waals surface area contributed by atoms with E-state index < -0.39 is 0 Å². The highest BCUT2D eigenvalue weighted by Gasteiger charge is 2.15. The van der Waals surface area contributed by atoms with Gasteiger partial charge in [-0.15, -0.1) is 0 Å². The maximum absolute atomic E-state index is 12.4. The Bertz CT molecular complexity index is 608. The van der Waals surface area contributed by atoms with E-state index >= 15 is 0 Å². The van der Waals surface area contributed by atoms with Crippen molar-refractivity contribution in [1.29, 1.82) is 0 Å². The molecule has 0 aliphatic carbocycles. The molecule has 0 unspecified atom stereocenters. The topological polar surface area (TPSA) is 46.3 Å². The summed E-state index contributed by atoms with van der Waals surface area (Å²) >= 11 is 5.98. The number of anilines is 2. The largest absolute Gasteiger partial charge is 0.399 e. The van der Waals surface area contributed by atoms with Gasteiger partial charge >= 0.3 is 0 Å². The number of nitrogens with zero attached hydrogens (tertiary/aromatic N) is 1. The van der Waals surface area contributed by atoms with Crippen molar-refractivity contribution in [2.75, 3.05) is 17.7 Å². The van der Waals surface area contributed by atoms with Gasteiger partial charge in [0.25, 0.3) is 5.91 Å². The fourth-order valence-corrected chi connectivity index (χ4v) is 2.04. The van der Waals surface area contributed by atoms with Gasteiger partial charge < -0.3 is 10.6 Å². The molecule has 0 saturated heterocycles. The maximum atomic E-state index is 12.4. The van der Waals surface area contributed by atoms with Gasteiger partial charge in [-0.1, -0.05) is 17.7 Å². The standard InChI is InChI=1S/C15H15ClN2O/c1-10-3-6-12(16)9-14(10)18(2)15(19)11-4-7-13(17)8-5-11/h3-9H,17H2,1-2H3. The fraction of sp³-hybridized carbons (Fsp3) is 0.133. The van der Waals surface area contributed by atoms with Gasteiger partial charge in [0.05, 0.1) is 0 Å². The molecule has 0 heterocycles. The molecule has 0 aliphatic rings. The van der Waals surface area contributed by atoms with Crippen LogP contribution in [0.2, 0.25) is 5.02 Å².